The van der Waals surface area contributed by atoms with Crippen LogP contribution in [0.1, 0.15) is 53.0 Å². The zero-order valence-electron chi connectivity index (χ0n) is 15.8. The highest BCUT2D eigenvalue weighted by molar-refractivity contribution is 5.91. The molecule has 1 aromatic carbocycles. The fourth-order valence-corrected chi connectivity index (χ4v) is 2.89. The maximum absolute atomic E-state index is 12.7. The van der Waals surface area contributed by atoms with Crippen molar-refractivity contribution in [3.63, 3.8) is 0 Å². The lowest BCUT2D eigenvalue weighted by molar-refractivity contribution is -0.124. The van der Waals surface area contributed by atoms with Crippen LogP contribution in [0.4, 0.5) is 4.79 Å². The number of hydrogen-bond donors (Lipinski definition) is 2. The Morgan fingerprint density at radius 2 is 1.76 bits per heavy atom. The standard InChI is InChI=1S/C20H28N2O3/c1-12(2)18(23)17(22-19(24)25-20(4,5)6)13(3)15-11-21-16-10-8-7-9-14(15)16/h7-13,17,21H,1-6H3,(H,22,24)/t13?,17-/m1/s1. The molecule has 0 aliphatic heterocycles. The molecule has 2 rings (SSSR count). The minimum Gasteiger partial charge on any atom is -0.444 e. The van der Waals surface area contributed by atoms with Crippen LogP contribution >= 0.6 is 0 Å². The summed E-state index contributed by atoms with van der Waals surface area (Å²) in [6, 6.07) is 7.29. The third kappa shape index (κ3) is 4.62. The first-order chi connectivity index (χ1) is 11.6. The minimum absolute atomic E-state index is 0.0105. The highest BCUT2D eigenvalue weighted by atomic mass is 16.6. The Hall–Kier alpha value is -2.30. The highest BCUT2D eigenvalue weighted by Crippen LogP contribution is 2.29. The molecular formula is C20H28N2O3. The van der Waals surface area contributed by atoms with Crippen LogP contribution in [0.3, 0.4) is 0 Å². The van der Waals surface area contributed by atoms with Crippen molar-refractivity contribution in [1.82, 2.24) is 10.3 Å². The van der Waals surface area contributed by atoms with Gasteiger partial charge in [-0.3, -0.25) is 4.79 Å². The van der Waals surface area contributed by atoms with E-state index in [2.05, 4.69) is 10.3 Å². The molecule has 0 fully saturated rings. The highest BCUT2D eigenvalue weighted by Gasteiger charge is 2.32. The molecule has 0 saturated carbocycles. The number of amides is 1. The first kappa shape index (κ1) is 19.0. The van der Waals surface area contributed by atoms with Gasteiger partial charge in [-0.15, -0.1) is 0 Å². The lowest BCUT2D eigenvalue weighted by atomic mass is 9.87. The van der Waals surface area contributed by atoms with E-state index >= 15 is 0 Å². The predicted molar refractivity (Wildman–Crippen MR) is 99.7 cm³/mol. The van der Waals surface area contributed by atoms with Gasteiger partial charge in [0.25, 0.3) is 0 Å². The van der Waals surface area contributed by atoms with E-state index in [1.54, 1.807) is 20.8 Å². The number of aromatic nitrogens is 1. The van der Waals surface area contributed by atoms with Gasteiger partial charge in [0.15, 0.2) is 5.78 Å². The second-order valence-corrected chi connectivity index (χ2v) is 7.76. The summed E-state index contributed by atoms with van der Waals surface area (Å²) in [4.78, 5) is 28.2. The summed E-state index contributed by atoms with van der Waals surface area (Å²) >= 11 is 0. The van der Waals surface area contributed by atoms with Gasteiger partial charge in [0.1, 0.15) is 5.60 Å². The summed E-state index contributed by atoms with van der Waals surface area (Å²) in [6.45, 7) is 11.0. The van der Waals surface area contributed by atoms with Gasteiger partial charge in [0.2, 0.25) is 0 Å². The molecule has 1 aromatic heterocycles. The van der Waals surface area contributed by atoms with E-state index in [1.807, 2.05) is 51.2 Å². The Morgan fingerprint density at radius 1 is 1.12 bits per heavy atom. The van der Waals surface area contributed by atoms with Crippen LogP contribution in [-0.4, -0.2) is 28.5 Å². The molecule has 0 spiro atoms. The first-order valence-electron chi connectivity index (χ1n) is 8.69. The molecule has 5 nitrogen and oxygen atoms in total. The van der Waals surface area contributed by atoms with Crippen molar-refractivity contribution in [2.24, 2.45) is 5.92 Å². The van der Waals surface area contributed by atoms with Crippen LogP contribution < -0.4 is 5.32 Å². The number of carbonyl (C=O) groups excluding carboxylic acids is 2. The lowest BCUT2D eigenvalue weighted by Gasteiger charge is -2.27. The van der Waals surface area contributed by atoms with Crippen molar-refractivity contribution in [2.45, 2.75) is 59.1 Å². The van der Waals surface area contributed by atoms with Gasteiger partial charge in [0.05, 0.1) is 6.04 Å². The van der Waals surface area contributed by atoms with Crippen LogP contribution in [0, 0.1) is 5.92 Å². The number of rotatable bonds is 5. The van der Waals surface area contributed by atoms with Crippen molar-refractivity contribution in [1.29, 1.82) is 0 Å². The van der Waals surface area contributed by atoms with Gasteiger partial charge in [-0.1, -0.05) is 39.0 Å². The topological polar surface area (TPSA) is 71.2 Å². The number of carbonyl (C=O) groups is 2. The van der Waals surface area contributed by atoms with Gasteiger partial charge in [-0.2, -0.15) is 0 Å². The molecule has 0 radical (unpaired) electrons. The third-order valence-electron chi connectivity index (χ3n) is 4.16. The van der Waals surface area contributed by atoms with Crippen molar-refractivity contribution in [3.8, 4) is 0 Å². The van der Waals surface area contributed by atoms with Gasteiger partial charge >= 0.3 is 6.09 Å². The van der Waals surface area contributed by atoms with E-state index in [9.17, 15) is 9.59 Å². The van der Waals surface area contributed by atoms with E-state index in [-0.39, 0.29) is 17.6 Å². The summed E-state index contributed by atoms with van der Waals surface area (Å²) in [6.07, 6.45) is 1.34. The van der Waals surface area contributed by atoms with E-state index in [4.69, 9.17) is 4.74 Å². The fraction of sp³-hybridized carbons (Fsp3) is 0.500. The number of fused-ring (bicyclic) bond motifs is 1. The average molecular weight is 344 g/mol. The largest absolute Gasteiger partial charge is 0.444 e. The van der Waals surface area contributed by atoms with E-state index in [1.165, 1.54) is 0 Å². The molecule has 5 heteroatoms. The molecule has 1 heterocycles. The third-order valence-corrected chi connectivity index (χ3v) is 4.16. The van der Waals surface area contributed by atoms with Crippen LogP contribution in [0.25, 0.3) is 10.9 Å². The first-order valence-corrected chi connectivity index (χ1v) is 8.69. The summed E-state index contributed by atoms with van der Waals surface area (Å²) in [5.74, 6) is -0.380. The molecule has 0 aliphatic carbocycles. The SMILES string of the molecule is CC(C)C(=O)[C@H](NC(=O)OC(C)(C)C)C(C)c1c[nH]c2ccccc12. The number of H-pyrrole nitrogens is 1. The Morgan fingerprint density at radius 3 is 2.36 bits per heavy atom. The monoisotopic (exact) mass is 344 g/mol. The second-order valence-electron chi connectivity index (χ2n) is 7.76. The van der Waals surface area contributed by atoms with Gasteiger partial charge < -0.3 is 15.0 Å². The Labute approximate surface area is 149 Å². The lowest BCUT2D eigenvalue weighted by Crippen LogP contribution is -2.47. The summed E-state index contributed by atoms with van der Waals surface area (Å²) in [5.41, 5.74) is 1.41. The molecule has 0 aliphatic rings. The molecule has 1 amide bonds. The Bertz CT molecular complexity index is 756. The number of ketones is 1. The molecule has 0 saturated heterocycles. The van der Waals surface area contributed by atoms with E-state index < -0.39 is 17.7 Å². The van der Waals surface area contributed by atoms with Crippen molar-refractivity contribution >= 4 is 22.8 Å². The van der Waals surface area contributed by atoms with Crippen LogP contribution in [0.15, 0.2) is 30.5 Å². The molecule has 2 N–H and O–H groups in total. The molecule has 2 atom stereocenters. The molecule has 0 bridgehead atoms. The van der Waals surface area contributed by atoms with Crippen LogP contribution in [-0.2, 0) is 9.53 Å². The minimum atomic E-state index is -0.644. The average Bonchev–Trinajstić information content (AvgIpc) is 2.93. The van der Waals surface area contributed by atoms with Crippen LogP contribution in [0.5, 0.6) is 0 Å². The molecular weight excluding hydrogens is 316 g/mol. The zero-order chi connectivity index (χ0) is 18.8. The normalized spacial score (nSPS) is 14.4. The zero-order valence-corrected chi connectivity index (χ0v) is 15.8. The van der Waals surface area contributed by atoms with Gasteiger partial charge in [-0.25, -0.2) is 4.79 Å². The number of benzene rings is 1. The van der Waals surface area contributed by atoms with E-state index in [0.717, 1.165) is 16.5 Å². The van der Waals surface area contributed by atoms with Crippen molar-refractivity contribution in [3.05, 3.63) is 36.0 Å². The number of alkyl carbamates (subject to hydrolysis) is 1. The number of hydrogen-bond acceptors (Lipinski definition) is 3. The molecule has 1 unspecified atom stereocenters. The number of Topliss-reactive ketones (excluding diaryl/α,β-unsaturated/α-hetero) is 1. The maximum atomic E-state index is 12.7. The Balaban J connectivity index is 2.31. The number of ether oxygens (including phenoxy) is 1. The summed E-state index contributed by atoms with van der Waals surface area (Å²) in [5, 5.41) is 3.84. The molecule has 2 aromatic rings. The van der Waals surface area contributed by atoms with Gasteiger partial charge in [-0.05, 0) is 32.4 Å². The fourth-order valence-electron chi connectivity index (χ4n) is 2.89. The quantitative estimate of drug-likeness (QED) is 0.845. The Kier molecular flexibility index (Phi) is 5.55. The summed E-state index contributed by atoms with van der Waals surface area (Å²) in [7, 11) is 0. The van der Waals surface area contributed by atoms with Gasteiger partial charge in [0, 0.05) is 28.9 Å². The number of nitrogens with one attached hydrogen (secondary N) is 2. The van der Waals surface area contributed by atoms with Crippen molar-refractivity contribution in [2.75, 3.05) is 0 Å². The number of para-hydroxylation sites is 1. The van der Waals surface area contributed by atoms with E-state index in [0.29, 0.717) is 0 Å². The van der Waals surface area contributed by atoms with Crippen molar-refractivity contribution < 1.29 is 14.3 Å². The maximum Gasteiger partial charge on any atom is 0.408 e. The summed E-state index contributed by atoms with van der Waals surface area (Å²) < 4.78 is 5.34. The number of aromatic amines is 1. The molecule has 136 valence electrons. The second kappa shape index (κ2) is 7.30. The molecule has 25 heavy (non-hydrogen) atoms. The smallest absolute Gasteiger partial charge is 0.408 e. The van der Waals surface area contributed by atoms with Crippen LogP contribution in [0.2, 0.25) is 0 Å². The predicted octanol–water partition coefficient (Wildman–Crippen LogP) is 4.39.